The van der Waals surface area contributed by atoms with Crippen molar-refractivity contribution in [2.45, 2.75) is 20.0 Å². The Morgan fingerprint density at radius 1 is 1.13 bits per heavy atom. The number of halogens is 4. The van der Waals surface area contributed by atoms with Gasteiger partial charge >= 0.3 is 6.18 Å². The van der Waals surface area contributed by atoms with Crippen molar-refractivity contribution in [2.75, 3.05) is 31.6 Å². The van der Waals surface area contributed by atoms with Gasteiger partial charge in [-0.25, -0.2) is 0 Å². The Bertz CT molecular complexity index is 898. The molecule has 0 aliphatic rings. The van der Waals surface area contributed by atoms with Crippen molar-refractivity contribution < 1.29 is 27.4 Å². The van der Waals surface area contributed by atoms with Crippen LogP contribution < -0.4 is 14.8 Å². The highest BCUT2D eigenvalue weighted by molar-refractivity contribution is 6.32. The number of hydrogen-bond donors (Lipinski definition) is 1. The highest BCUT2D eigenvalue weighted by Gasteiger charge is 2.31. The molecule has 0 radical (unpaired) electrons. The van der Waals surface area contributed by atoms with Gasteiger partial charge in [0.1, 0.15) is 18.1 Å². The number of alkyl halides is 3. The molecule has 0 aromatic heterocycles. The first-order chi connectivity index (χ1) is 14.6. The third-order valence-corrected chi connectivity index (χ3v) is 4.72. The van der Waals surface area contributed by atoms with Gasteiger partial charge in [0, 0.05) is 12.2 Å². The molecular weight excluding hydrogens is 433 g/mol. The molecule has 0 spiro atoms. The van der Waals surface area contributed by atoms with E-state index in [9.17, 15) is 18.0 Å². The zero-order valence-electron chi connectivity index (χ0n) is 17.3. The van der Waals surface area contributed by atoms with Gasteiger partial charge in [0.05, 0.1) is 10.6 Å². The van der Waals surface area contributed by atoms with Crippen LogP contribution in [0, 0.1) is 0 Å². The van der Waals surface area contributed by atoms with E-state index in [1.54, 1.807) is 24.3 Å². The molecule has 31 heavy (non-hydrogen) atoms. The van der Waals surface area contributed by atoms with Crippen LogP contribution in [0.1, 0.15) is 19.4 Å². The Balaban J connectivity index is 1.89. The molecule has 9 heteroatoms. The number of likely N-dealkylation sites (N-methyl/N-ethyl adjacent to an activating group) is 1. The number of anilines is 1. The van der Waals surface area contributed by atoms with Gasteiger partial charge in [0.25, 0.3) is 5.91 Å². The molecule has 0 aliphatic carbocycles. The molecule has 168 valence electrons. The summed E-state index contributed by atoms with van der Waals surface area (Å²) in [6, 6.07) is 9.31. The van der Waals surface area contributed by atoms with Crippen LogP contribution in [0.4, 0.5) is 18.9 Å². The predicted molar refractivity (Wildman–Crippen MR) is 115 cm³/mol. The lowest BCUT2D eigenvalue weighted by Gasteiger charge is -2.18. The number of amides is 1. The van der Waals surface area contributed by atoms with Crippen molar-refractivity contribution in [3.63, 3.8) is 0 Å². The summed E-state index contributed by atoms with van der Waals surface area (Å²) in [6.45, 7) is 10.9. The minimum Gasteiger partial charge on any atom is -0.492 e. The van der Waals surface area contributed by atoms with Crippen LogP contribution in [0.15, 0.2) is 54.8 Å². The number of carbonyl (C=O) groups excluding carboxylic acids is 1. The number of nitrogens with zero attached hydrogens (tertiary/aromatic N) is 1. The Morgan fingerprint density at radius 2 is 1.77 bits per heavy atom. The summed E-state index contributed by atoms with van der Waals surface area (Å²) in [7, 11) is 0. The van der Waals surface area contributed by atoms with Gasteiger partial charge in [-0.1, -0.05) is 32.0 Å². The van der Waals surface area contributed by atoms with Gasteiger partial charge in [0.2, 0.25) is 0 Å². The van der Waals surface area contributed by atoms with Crippen LogP contribution in [-0.2, 0) is 11.0 Å². The lowest BCUT2D eigenvalue weighted by molar-refractivity contribution is -0.137. The molecule has 5 nitrogen and oxygen atoms in total. The molecular formula is C22H24ClF3N2O3. The van der Waals surface area contributed by atoms with E-state index < -0.39 is 17.6 Å². The van der Waals surface area contributed by atoms with Crippen LogP contribution in [0.3, 0.4) is 0 Å². The molecule has 0 bridgehead atoms. The van der Waals surface area contributed by atoms with Crippen LogP contribution in [0.5, 0.6) is 11.5 Å². The minimum absolute atomic E-state index is 0.105. The lowest BCUT2D eigenvalue weighted by Crippen LogP contribution is -2.27. The number of nitrogens with one attached hydrogen (secondary N) is 1. The van der Waals surface area contributed by atoms with E-state index in [0.29, 0.717) is 18.0 Å². The first kappa shape index (κ1) is 24.6. The van der Waals surface area contributed by atoms with Crippen molar-refractivity contribution in [3.05, 3.63) is 65.4 Å². The second-order valence-electron chi connectivity index (χ2n) is 6.52. The minimum atomic E-state index is -4.53. The zero-order chi connectivity index (χ0) is 23.0. The molecule has 0 fully saturated rings. The van der Waals surface area contributed by atoms with E-state index >= 15 is 0 Å². The van der Waals surface area contributed by atoms with Crippen LogP contribution in [-0.4, -0.2) is 37.0 Å². The SMILES string of the molecule is C=C(Oc1ccc(C(F)(F)F)cc1Cl)C(=O)Nc1ccc(OCCN(CC)CC)cc1. The fourth-order valence-electron chi connectivity index (χ4n) is 2.61. The second-order valence-corrected chi connectivity index (χ2v) is 6.93. The van der Waals surface area contributed by atoms with Gasteiger partial charge in [0.15, 0.2) is 5.76 Å². The Kier molecular flexibility index (Phi) is 8.76. The molecule has 0 aliphatic heterocycles. The van der Waals surface area contributed by atoms with Crippen molar-refractivity contribution >= 4 is 23.2 Å². The summed E-state index contributed by atoms with van der Waals surface area (Å²) in [6.07, 6.45) is -4.53. The molecule has 2 aromatic rings. The van der Waals surface area contributed by atoms with Crippen molar-refractivity contribution in [2.24, 2.45) is 0 Å². The van der Waals surface area contributed by atoms with Crippen LogP contribution in [0.2, 0.25) is 5.02 Å². The molecule has 0 atom stereocenters. The van der Waals surface area contributed by atoms with Gasteiger partial charge in [-0.05, 0) is 55.6 Å². The third kappa shape index (κ3) is 7.48. The number of ether oxygens (including phenoxy) is 2. The summed E-state index contributed by atoms with van der Waals surface area (Å²) in [5, 5.41) is 2.30. The Labute approximate surface area is 184 Å². The normalized spacial score (nSPS) is 11.3. The molecule has 2 rings (SSSR count). The van der Waals surface area contributed by atoms with Crippen molar-refractivity contribution in [3.8, 4) is 11.5 Å². The quantitative estimate of drug-likeness (QED) is 0.373. The monoisotopic (exact) mass is 456 g/mol. The number of hydrogen-bond acceptors (Lipinski definition) is 4. The maximum absolute atomic E-state index is 12.7. The largest absolute Gasteiger partial charge is 0.492 e. The van der Waals surface area contributed by atoms with E-state index in [4.69, 9.17) is 21.1 Å². The summed E-state index contributed by atoms with van der Waals surface area (Å²) in [5.74, 6) is -0.420. The van der Waals surface area contributed by atoms with Gasteiger partial charge < -0.3 is 19.7 Å². The predicted octanol–water partition coefficient (Wildman–Crippen LogP) is 5.61. The molecule has 0 heterocycles. The number of benzene rings is 2. The molecule has 0 unspecified atom stereocenters. The fraction of sp³-hybridized carbons (Fsp3) is 0.318. The average molecular weight is 457 g/mol. The molecule has 2 aromatic carbocycles. The lowest BCUT2D eigenvalue weighted by atomic mass is 10.2. The molecule has 1 N–H and O–H groups in total. The topological polar surface area (TPSA) is 50.8 Å². The van der Waals surface area contributed by atoms with Crippen molar-refractivity contribution in [1.82, 2.24) is 4.90 Å². The summed E-state index contributed by atoms with van der Waals surface area (Å²) >= 11 is 5.83. The highest BCUT2D eigenvalue weighted by Crippen LogP contribution is 2.35. The van der Waals surface area contributed by atoms with E-state index in [1.165, 1.54) is 0 Å². The van der Waals surface area contributed by atoms with E-state index in [2.05, 4.69) is 30.6 Å². The number of carbonyl (C=O) groups is 1. The van der Waals surface area contributed by atoms with Gasteiger partial charge in [-0.2, -0.15) is 13.2 Å². The van der Waals surface area contributed by atoms with Crippen LogP contribution >= 0.6 is 11.6 Å². The standard InChI is InChI=1S/C22H24ClF3N2O3/c1-4-28(5-2)12-13-30-18-9-7-17(8-10-18)27-21(29)15(3)31-20-11-6-16(14-19(20)23)22(24,25)26/h6-11,14H,3-5,12-13H2,1-2H3,(H,27,29). The smallest absolute Gasteiger partial charge is 0.416 e. The summed E-state index contributed by atoms with van der Waals surface area (Å²) < 4.78 is 49.0. The zero-order valence-corrected chi connectivity index (χ0v) is 18.0. The third-order valence-electron chi connectivity index (χ3n) is 4.43. The molecule has 1 amide bonds. The summed E-state index contributed by atoms with van der Waals surface area (Å²) in [5.41, 5.74) is -0.441. The number of rotatable bonds is 10. The maximum atomic E-state index is 12.7. The van der Waals surface area contributed by atoms with Gasteiger partial charge in [-0.3, -0.25) is 4.79 Å². The van der Waals surface area contributed by atoms with Gasteiger partial charge in [-0.15, -0.1) is 0 Å². The van der Waals surface area contributed by atoms with E-state index in [1.807, 2.05) is 0 Å². The first-order valence-electron chi connectivity index (χ1n) is 9.64. The van der Waals surface area contributed by atoms with Crippen molar-refractivity contribution in [1.29, 1.82) is 0 Å². The van der Waals surface area contributed by atoms with E-state index in [-0.39, 0.29) is 16.5 Å². The average Bonchev–Trinajstić information content (AvgIpc) is 2.73. The molecule has 0 saturated carbocycles. The Morgan fingerprint density at radius 3 is 2.32 bits per heavy atom. The first-order valence-corrected chi connectivity index (χ1v) is 10.0. The second kappa shape index (κ2) is 11.1. The van der Waals surface area contributed by atoms with E-state index in [0.717, 1.165) is 37.8 Å². The summed E-state index contributed by atoms with van der Waals surface area (Å²) in [4.78, 5) is 14.5. The Hall–Kier alpha value is -2.71. The van der Waals surface area contributed by atoms with Crippen LogP contribution in [0.25, 0.3) is 0 Å². The fourth-order valence-corrected chi connectivity index (χ4v) is 2.83. The highest BCUT2D eigenvalue weighted by atomic mass is 35.5. The maximum Gasteiger partial charge on any atom is 0.416 e. The molecule has 0 saturated heterocycles.